The molecule has 1 heterocycles. The lowest BCUT2D eigenvalue weighted by atomic mass is 9.84. The van der Waals surface area contributed by atoms with E-state index in [4.69, 9.17) is 0 Å². The van der Waals surface area contributed by atoms with Crippen LogP contribution < -0.4 is 4.90 Å². The zero-order valence-electron chi connectivity index (χ0n) is 10.9. The molecule has 1 aromatic rings. The average molecular weight is 247 g/mol. The van der Waals surface area contributed by atoms with Crippen molar-refractivity contribution >= 4 is 17.6 Å². The van der Waals surface area contributed by atoms with Crippen molar-refractivity contribution in [2.24, 2.45) is 5.41 Å². The molecular formula is C14H17NO3. The zero-order chi connectivity index (χ0) is 13.5. The molecule has 1 N–H and O–H groups in total. The summed E-state index contributed by atoms with van der Waals surface area (Å²) in [5.74, 6) is -0.761. The first kappa shape index (κ1) is 12.6. The van der Waals surface area contributed by atoms with Gasteiger partial charge in [-0.2, -0.15) is 0 Å². The smallest absolute Gasteiger partial charge is 0.309 e. The summed E-state index contributed by atoms with van der Waals surface area (Å²) in [5, 5.41) is 9.18. The molecule has 0 saturated carbocycles. The third kappa shape index (κ3) is 1.98. The summed E-state index contributed by atoms with van der Waals surface area (Å²) in [5.41, 5.74) is 2.01. The summed E-state index contributed by atoms with van der Waals surface area (Å²) in [7, 11) is 1.75. The molecule has 18 heavy (non-hydrogen) atoms. The Hall–Kier alpha value is -1.84. The molecule has 96 valence electrons. The van der Waals surface area contributed by atoms with E-state index < -0.39 is 11.4 Å². The van der Waals surface area contributed by atoms with Gasteiger partial charge in [-0.15, -0.1) is 0 Å². The van der Waals surface area contributed by atoms with E-state index in [0.29, 0.717) is 12.8 Å². The fourth-order valence-electron chi connectivity index (χ4n) is 2.26. The monoisotopic (exact) mass is 247 g/mol. The summed E-state index contributed by atoms with van der Waals surface area (Å²) in [4.78, 5) is 24.5. The minimum absolute atomic E-state index is 0.0607. The van der Waals surface area contributed by atoms with Crippen LogP contribution in [-0.2, 0) is 22.4 Å². The molecule has 0 aliphatic carbocycles. The largest absolute Gasteiger partial charge is 0.481 e. The van der Waals surface area contributed by atoms with Crippen molar-refractivity contribution in [2.45, 2.75) is 26.7 Å². The van der Waals surface area contributed by atoms with Gasteiger partial charge in [0.1, 0.15) is 0 Å². The maximum absolute atomic E-state index is 11.7. The van der Waals surface area contributed by atoms with E-state index >= 15 is 0 Å². The molecule has 1 aromatic carbocycles. The van der Waals surface area contributed by atoms with Gasteiger partial charge in [0.25, 0.3) is 0 Å². The second-order valence-electron chi connectivity index (χ2n) is 5.41. The van der Waals surface area contributed by atoms with Gasteiger partial charge in [-0.25, -0.2) is 0 Å². The summed E-state index contributed by atoms with van der Waals surface area (Å²) in [6, 6.07) is 5.69. The molecule has 2 rings (SSSR count). The van der Waals surface area contributed by atoms with Gasteiger partial charge in [-0.1, -0.05) is 12.1 Å². The van der Waals surface area contributed by atoms with Gasteiger partial charge in [0.2, 0.25) is 5.91 Å². The van der Waals surface area contributed by atoms with Crippen LogP contribution in [0.15, 0.2) is 18.2 Å². The molecule has 0 radical (unpaired) electrons. The Morgan fingerprint density at radius 1 is 1.44 bits per heavy atom. The van der Waals surface area contributed by atoms with Gasteiger partial charge >= 0.3 is 5.97 Å². The minimum atomic E-state index is -0.821. The molecule has 1 amide bonds. The molecular weight excluding hydrogens is 230 g/mol. The first-order valence-electron chi connectivity index (χ1n) is 5.93. The first-order chi connectivity index (χ1) is 8.33. The molecule has 0 bridgehead atoms. The van der Waals surface area contributed by atoms with Crippen LogP contribution in [0.3, 0.4) is 0 Å². The fraction of sp³-hybridized carbons (Fsp3) is 0.429. The summed E-state index contributed by atoms with van der Waals surface area (Å²) >= 11 is 0. The standard InChI is InChI=1S/C14H17NO3/c1-14(2,13(17)18)8-9-5-4-6-11-10(9)7-12(16)15(11)3/h4-6H,7-8H2,1-3H3,(H,17,18). The van der Waals surface area contributed by atoms with Crippen molar-refractivity contribution in [3.05, 3.63) is 29.3 Å². The number of anilines is 1. The fourth-order valence-corrected chi connectivity index (χ4v) is 2.26. The Labute approximate surface area is 106 Å². The van der Waals surface area contributed by atoms with E-state index in [1.54, 1.807) is 25.8 Å². The highest BCUT2D eigenvalue weighted by molar-refractivity contribution is 6.01. The number of hydrogen-bond acceptors (Lipinski definition) is 2. The Balaban J connectivity index is 2.38. The Morgan fingerprint density at radius 2 is 2.11 bits per heavy atom. The van der Waals surface area contributed by atoms with Crippen LogP contribution in [0, 0.1) is 5.41 Å². The molecule has 1 aliphatic rings. The lowest BCUT2D eigenvalue weighted by Gasteiger charge is -2.20. The Bertz CT molecular complexity index is 520. The van der Waals surface area contributed by atoms with E-state index in [9.17, 15) is 14.7 Å². The van der Waals surface area contributed by atoms with Crippen molar-refractivity contribution in [3.8, 4) is 0 Å². The first-order valence-corrected chi connectivity index (χ1v) is 5.93. The number of carboxylic acids is 1. The molecule has 0 atom stereocenters. The zero-order valence-corrected chi connectivity index (χ0v) is 10.9. The summed E-state index contributed by atoms with van der Waals surface area (Å²) in [6.07, 6.45) is 0.810. The third-order valence-electron chi connectivity index (χ3n) is 3.52. The van der Waals surface area contributed by atoms with Crippen LogP contribution in [0.1, 0.15) is 25.0 Å². The van der Waals surface area contributed by atoms with Gasteiger partial charge in [-0.05, 0) is 37.5 Å². The molecule has 0 unspecified atom stereocenters. The predicted octanol–water partition coefficient (Wildman–Crippen LogP) is 1.86. The lowest BCUT2D eigenvalue weighted by Crippen LogP contribution is -2.26. The number of carbonyl (C=O) groups is 2. The van der Waals surface area contributed by atoms with Gasteiger partial charge in [0.15, 0.2) is 0 Å². The second-order valence-corrected chi connectivity index (χ2v) is 5.41. The highest BCUT2D eigenvalue weighted by Crippen LogP contribution is 2.33. The number of rotatable bonds is 3. The number of carboxylic acid groups (broad SMARTS) is 1. The van der Waals surface area contributed by atoms with Crippen molar-refractivity contribution in [1.29, 1.82) is 0 Å². The van der Waals surface area contributed by atoms with E-state index in [1.165, 1.54) is 0 Å². The number of aliphatic carboxylic acids is 1. The van der Waals surface area contributed by atoms with Gasteiger partial charge < -0.3 is 10.0 Å². The number of benzene rings is 1. The number of nitrogens with zero attached hydrogens (tertiary/aromatic N) is 1. The quantitative estimate of drug-likeness (QED) is 0.887. The van der Waals surface area contributed by atoms with Crippen LogP contribution in [0.5, 0.6) is 0 Å². The van der Waals surface area contributed by atoms with Crippen molar-refractivity contribution in [2.75, 3.05) is 11.9 Å². The third-order valence-corrected chi connectivity index (χ3v) is 3.52. The topological polar surface area (TPSA) is 57.6 Å². The Morgan fingerprint density at radius 3 is 2.72 bits per heavy atom. The number of hydrogen-bond donors (Lipinski definition) is 1. The maximum atomic E-state index is 11.7. The van der Waals surface area contributed by atoms with E-state index in [1.807, 2.05) is 18.2 Å². The summed E-state index contributed by atoms with van der Waals surface area (Å²) < 4.78 is 0. The van der Waals surface area contributed by atoms with Crippen LogP contribution in [0.2, 0.25) is 0 Å². The SMILES string of the molecule is CN1C(=O)Cc2c(CC(C)(C)C(=O)O)cccc21. The predicted molar refractivity (Wildman–Crippen MR) is 68.7 cm³/mol. The normalized spacial score (nSPS) is 14.8. The average Bonchev–Trinajstić information content (AvgIpc) is 2.57. The number of fused-ring (bicyclic) bond motifs is 1. The Kier molecular flexibility index (Phi) is 2.89. The molecule has 0 spiro atoms. The second kappa shape index (κ2) is 4.12. The van der Waals surface area contributed by atoms with Crippen LogP contribution >= 0.6 is 0 Å². The van der Waals surface area contributed by atoms with Crippen molar-refractivity contribution in [3.63, 3.8) is 0 Å². The number of likely N-dealkylation sites (N-methyl/N-ethyl adjacent to an activating group) is 1. The van der Waals surface area contributed by atoms with Crippen molar-refractivity contribution in [1.82, 2.24) is 0 Å². The van der Waals surface area contributed by atoms with E-state index in [-0.39, 0.29) is 5.91 Å². The van der Waals surface area contributed by atoms with E-state index in [0.717, 1.165) is 16.8 Å². The maximum Gasteiger partial charge on any atom is 0.309 e. The highest BCUT2D eigenvalue weighted by Gasteiger charge is 2.32. The lowest BCUT2D eigenvalue weighted by molar-refractivity contribution is -0.146. The summed E-state index contributed by atoms with van der Waals surface area (Å²) in [6.45, 7) is 3.41. The molecule has 1 aliphatic heterocycles. The number of carbonyl (C=O) groups excluding carboxylic acids is 1. The molecule has 4 nitrogen and oxygen atoms in total. The molecule has 0 aromatic heterocycles. The molecule has 4 heteroatoms. The van der Waals surface area contributed by atoms with Gasteiger partial charge in [0, 0.05) is 12.7 Å². The van der Waals surface area contributed by atoms with Crippen LogP contribution in [0.4, 0.5) is 5.69 Å². The minimum Gasteiger partial charge on any atom is -0.481 e. The number of amides is 1. The van der Waals surface area contributed by atoms with Crippen LogP contribution in [0.25, 0.3) is 0 Å². The van der Waals surface area contributed by atoms with Crippen LogP contribution in [-0.4, -0.2) is 24.0 Å². The molecule has 0 saturated heterocycles. The van der Waals surface area contributed by atoms with Gasteiger partial charge in [0.05, 0.1) is 11.8 Å². The highest BCUT2D eigenvalue weighted by atomic mass is 16.4. The van der Waals surface area contributed by atoms with Crippen molar-refractivity contribution < 1.29 is 14.7 Å². The van der Waals surface area contributed by atoms with Gasteiger partial charge in [-0.3, -0.25) is 9.59 Å². The molecule has 0 fully saturated rings. The van der Waals surface area contributed by atoms with E-state index in [2.05, 4.69) is 0 Å².